The summed E-state index contributed by atoms with van der Waals surface area (Å²) in [5, 5.41) is 15.4. The first kappa shape index (κ1) is 15.5. The molecule has 7 heteroatoms. The standard InChI is InChI=1S/C16H13ClN4OS/c17-15-4-2-1-3-12(15)5-6-16(22)18-9-13-10-21(20-19-13)14-7-8-23-11-14/h1-8,10-11H,9H2,(H,18,22)/b6-5+. The molecule has 5 nitrogen and oxygen atoms in total. The van der Waals surface area contributed by atoms with Gasteiger partial charge in [-0.2, -0.15) is 11.3 Å². The highest BCUT2D eigenvalue weighted by molar-refractivity contribution is 7.08. The first-order chi connectivity index (χ1) is 11.2. The first-order valence-corrected chi connectivity index (χ1v) is 8.19. The van der Waals surface area contributed by atoms with Crippen molar-refractivity contribution in [2.24, 2.45) is 0 Å². The molecular formula is C16H13ClN4OS. The van der Waals surface area contributed by atoms with Gasteiger partial charge in [-0.1, -0.05) is 35.0 Å². The predicted molar refractivity (Wildman–Crippen MR) is 91.6 cm³/mol. The van der Waals surface area contributed by atoms with Crippen LogP contribution in [0.1, 0.15) is 11.3 Å². The predicted octanol–water partition coefficient (Wildman–Crippen LogP) is 3.31. The number of nitrogens with one attached hydrogen (secondary N) is 1. The Morgan fingerprint density at radius 2 is 2.22 bits per heavy atom. The fourth-order valence-corrected chi connectivity index (χ4v) is 2.73. The molecule has 0 spiro atoms. The van der Waals surface area contributed by atoms with Crippen molar-refractivity contribution in [3.63, 3.8) is 0 Å². The lowest BCUT2D eigenvalue weighted by molar-refractivity contribution is -0.116. The molecule has 0 saturated heterocycles. The normalized spacial score (nSPS) is 11.0. The quantitative estimate of drug-likeness (QED) is 0.722. The van der Waals surface area contributed by atoms with Gasteiger partial charge in [0.25, 0.3) is 0 Å². The van der Waals surface area contributed by atoms with E-state index in [9.17, 15) is 4.79 Å². The Balaban J connectivity index is 1.56. The number of aromatic nitrogens is 3. The smallest absolute Gasteiger partial charge is 0.244 e. The average molecular weight is 345 g/mol. The number of carbonyl (C=O) groups excluding carboxylic acids is 1. The maximum atomic E-state index is 11.8. The van der Waals surface area contributed by atoms with Crippen molar-refractivity contribution < 1.29 is 4.79 Å². The zero-order chi connectivity index (χ0) is 16.1. The molecule has 0 aliphatic heterocycles. The molecule has 116 valence electrons. The molecule has 3 rings (SSSR count). The maximum Gasteiger partial charge on any atom is 0.244 e. The lowest BCUT2D eigenvalue weighted by atomic mass is 10.2. The van der Waals surface area contributed by atoms with Crippen molar-refractivity contribution in [2.75, 3.05) is 0 Å². The first-order valence-electron chi connectivity index (χ1n) is 6.86. The maximum absolute atomic E-state index is 11.8. The molecule has 0 bridgehead atoms. The molecule has 0 atom stereocenters. The number of benzene rings is 1. The van der Waals surface area contributed by atoms with E-state index in [1.54, 1.807) is 34.4 Å². The third-order valence-electron chi connectivity index (χ3n) is 3.07. The second-order valence-electron chi connectivity index (χ2n) is 4.71. The Morgan fingerprint density at radius 3 is 3.00 bits per heavy atom. The van der Waals surface area contributed by atoms with E-state index in [2.05, 4.69) is 15.6 Å². The number of nitrogens with zero attached hydrogens (tertiary/aromatic N) is 3. The lowest BCUT2D eigenvalue weighted by Crippen LogP contribution is -2.20. The van der Waals surface area contributed by atoms with Gasteiger partial charge in [-0.15, -0.1) is 5.10 Å². The Kier molecular flexibility index (Phi) is 4.85. The molecule has 0 saturated carbocycles. The molecule has 0 radical (unpaired) electrons. The second-order valence-corrected chi connectivity index (χ2v) is 5.90. The molecule has 0 fully saturated rings. The third-order valence-corrected chi connectivity index (χ3v) is 4.09. The Morgan fingerprint density at radius 1 is 1.35 bits per heavy atom. The van der Waals surface area contributed by atoms with Gasteiger partial charge in [0.2, 0.25) is 5.91 Å². The van der Waals surface area contributed by atoms with Gasteiger partial charge in [0.05, 0.1) is 18.4 Å². The summed E-state index contributed by atoms with van der Waals surface area (Å²) in [7, 11) is 0. The van der Waals surface area contributed by atoms with Crippen LogP contribution in [0.15, 0.2) is 53.4 Å². The second kappa shape index (κ2) is 7.21. The minimum absolute atomic E-state index is 0.213. The number of halogens is 1. The summed E-state index contributed by atoms with van der Waals surface area (Å²) in [6.45, 7) is 0.315. The fraction of sp³-hybridized carbons (Fsp3) is 0.0625. The van der Waals surface area contributed by atoms with Gasteiger partial charge < -0.3 is 5.32 Å². The van der Waals surface area contributed by atoms with Crippen molar-refractivity contribution in [3.8, 4) is 5.69 Å². The van der Waals surface area contributed by atoms with E-state index < -0.39 is 0 Å². The topological polar surface area (TPSA) is 59.8 Å². The molecule has 2 heterocycles. The monoisotopic (exact) mass is 344 g/mol. The molecule has 1 amide bonds. The van der Waals surface area contributed by atoms with Crippen LogP contribution in [0, 0.1) is 0 Å². The zero-order valence-electron chi connectivity index (χ0n) is 12.0. The third kappa shape index (κ3) is 4.06. The summed E-state index contributed by atoms with van der Waals surface area (Å²) in [6.07, 6.45) is 4.92. The van der Waals surface area contributed by atoms with Gasteiger partial charge >= 0.3 is 0 Å². The SMILES string of the molecule is O=C(/C=C/c1ccccc1Cl)NCc1cn(-c2ccsc2)nn1. The average Bonchev–Trinajstić information content (AvgIpc) is 3.23. The van der Waals surface area contributed by atoms with E-state index >= 15 is 0 Å². The van der Waals surface area contributed by atoms with Crippen LogP contribution in [-0.2, 0) is 11.3 Å². The molecular weight excluding hydrogens is 332 g/mol. The number of hydrogen-bond donors (Lipinski definition) is 1. The largest absolute Gasteiger partial charge is 0.347 e. The van der Waals surface area contributed by atoms with E-state index in [0.29, 0.717) is 17.3 Å². The van der Waals surface area contributed by atoms with E-state index in [4.69, 9.17) is 11.6 Å². The van der Waals surface area contributed by atoms with Crippen LogP contribution in [0.2, 0.25) is 5.02 Å². The van der Waals surface area contributed by atoms with Crippen LogP contribution in [0.5, 0.6) is 0 Å². The fourth-order valence-electron chi connectivity index (χ4n) is 1.91. The van der Waals surface area contributed by atoms with E-state index in [1.165, 1.54) is 6.08 Å². The number of hydrogen-bond acceptors (Lipinski definition) is 4. The van der Waals surface area contributed by atoms with Crippen LogP contribution < -0.4 is 5.32 Å². The van der Waals surface area contributed by atoms with Crippen molar-refractivity contribution in [1.82, 2.24) is 20.3 Å². The highest BCUT2D eigenvalue weighted by Gasteiger charge is 2.04. The van der Waals surface area contributed by atoms with Crippen LogP contribution in [-0.4, -0.2) is 20.9 Å². The van der Waals surface area contributed by atoms with E-state index in [1.807, 2.05) is 35.0 Å². The van der Waals surface area contributed by atoms with Crippen molar-refractivity contribution in [1.29, 1.82) is 0 Å². The van der Waals surface area contributed by atoms with Crippen molar-refractivity contribution in [3.05, 3.63) is 69.6 Å². The molecule has 1 N–H and O–H groups in total. The highest BCUT2D eigenvalue weighted by Crippen LogP contribution is 2.16. The highest BCUT2D eigenvalue weighted by atomic mass is 35.5. The van der Waals surface area contributed by atoms with Gasteiger partial charge in [-0.25, -0.2) is 4.68 Å². The molecule has 0 unspecified atom stereocenters. The Hall–Kier alpha value is -2.44. The molecule has 1 aromatic carbocycles. The number of rotatable bonds is 5. The van der Waals surface area contributed by atoms with Crippen molar-refractivity contribution in [2.45, 2.75) is 6.54 Å². The van der Waals surface area contributed by atoms with Gasteiger partial charge in [0.15, 0.2) is 0 Å². The lowest BCUT2D eigenvalue weighted by Gasteiger charge is -1.99. The van der Waals surface area contributed by atoms with E-state index in [0.717, 1.165) is 11.3 Å². The summed E-state index contributed by atoms with van der Waals surface area (Å²) in [6, 6.07) is 9.29. The minimum Gasteiger partial charge on any atom is -0.347 e. The summed E-state index contributed by atoms with van der Waals surface area (Å²) < 4.78 is 1.68. The summed E-state index contributed by atoms with van der Waals surface area (Å²) in [5.74, 6) is -0.213. The van der Waals surface area contributed by atoms with Gasteiger partial charge in [-0.05, 0) is 29.2 Å². The van der Waals surface area contributed by atoms with Gasteiger partial charge in [-0.3, -0.25) is 4.79 Å². The summed E-state index contributed by atoms with van der Waals surface area (Å²) in [4.78, 5) is 11.8. The number of amides is 1. The number of thiophene rings is 1. The van der Waals surface area contributed by atoms with Crippen LogP contribution in [0.3, 0.4) is 0 Å². The molecule has 3 aromatic rings. The van der Waals surface area contributed by atoms with Crippen LogP contribution in [0.4, 0.5) is 0 Å². The summed E-state index contributed by atoms with van der Waals surface area (Å²) in [5.41, 5.74) is 2.45. The van der Waals surface area contributed by atoms with E-state index in [-0.39, 0.29) is 5.91 Å². The number of carbonyl (C=O) groups is 1. The molecule has 0 aliphatic rings. The molecule has 2 aromatic heterocycles. The summed E-state index contributed by atoms with van der Waals surface area (Å²) >= 11 is 7.62. The Labute approximate surface area is 142 Å². The Bertz CT molecular complexity index is 826. The molecule has 0 aliphatic carbocycles. The minimum atomic E-state index is -0.213. The van der Waals surface area contributed by atoms with Gasteiger partial charge in [0, 0.05) is 16.5 Å². The van der Waals surface area contributed by atoms with Gasteiger partial charge in [0.1, 0.15) is 5.69 Å². The van der Waals surface area contributed by atoms with Crippen molar-refractivity contribution >= 4 is 34.9 Å². The van der Waals surface area contributed by atoms with Crippen LogP contribution >= 0.6 is 22.9 Å². The van der Waals surface area contributed by atoms with Crippen LogP contribution in [0.25, 0.3) is 11.8 Å². The zero-order valence-corrected chi connectivity index (χ0v) is 13.6. The molecule has 23 heavy (non-hydrogen) atoms.